The molecule has 4 aliphatic carbocycles. The smallest absolute Gasteiger partial charge is 0.317 e. The van der Waals surface area contributed by atoms with Crippen LogP contribution in [0.15, 0.2) is 0 Å². The average molecular weight is 355 g/mol. The van der Waals surface area contributed by atoms with Crippen LogP contribution in [-0.4, -0.2) is 50.0 Å². The molecule has 5 aliphatic rings. The lowest BCUT2D eigenvalue weighted by Gasteiger charge is -2.57. The predicted octanol–water partition coefficient (Wildman–Crippen LogP) is 2.42. The Morgan fingerprint density at radius 3 is 2.25 bits per heavy atom. The molecule has 1 saturated heterocycles. The summed E-state index contributed by atoms with van der Waals surface area (Å²) in [5.74, 6) is 2.93. The molecule has 5 fully saturated rings. The molecule has 0 spiro atoms. The number of nitrogens with zero attached hydrogens (tertiary/aromatic N) is 1. The molecule has 1 N–H and O–H groups in total. The third-order valence-electron chi connectivity index (χ3n) is 7.12. The first-order valence-electron chi connectivity index (χ1n) is 9.60. The molecule has 4 saturated carbocycles. The molecular weight excluding hydrogens is 324 g/mol. The summed E-state index contributed by atoms with van der Waals surface area (Å²) in [6.07, 6.45) is 9.56. The normalized spacial score (nSPS) is 43.0. The van der Waals surface area contributed by atoms with Crippen molar-refractivity contribution < 1.29 is 13.2 Å². The highest BCUT2D eigenvalue weighted by Gasteiger charge is 2.50. The van der Waals surface area contributed by atoms with Crippen LogP contribution in [0.2, 0.25) is 0 Å². The van der Waals surface area contributed by atoms with Crippen molar-refractivity contribution in [1.82, 2.24) is 10.2 Å². The molecule has 5 nitrogen and oxygen atoms in total. The van der Waals surface area contributed by atoms with E-state index in [9.17, 15) is 13.2 Å². The molecule has 4 bridgehead atoms. The van der Waals surface area contributed by atoms with E-state index in [1.807, 2.05) is 0 Å². The van der Waals surface area contributed by atoms with Crippen molar-refractivity contribution in [3.8, 4) is 0 Å². The van der Waals surface area contributed by atoms with Crippen LogP contribution >= 0.6 is 0 Å². The van der Waals surface area contributed by atoms with E-state index in [1.165, 1.54) is 38.5 Å². The second kappa shape index (κ2) is 5.89. The highest BCUT2D eigenvalue weighted by atomic mass is 32.2. The van der Waals surface area contributed by atoms with Gasteiger partial charge in [-0.3, -0.25) is 0 Å². The Labute approximate surface area is 145 Å². The second-order valence-corrected chi connectivity index (χ2v) is 11.6. The highest BCUT2D eigenvalue weighted by molar-refractivity contribution is 7.92. The van der Waals surface area contributed by atoms with E-state index in [0.29, 0.717) is 18.5 Å². The van der Waals surface area contributed by atoms with Gasteiger partial charge in [0, 0.05) is 19.6 Å². The summed E-state index contributed by atoms with van der Waals surface area (Å²) in [5.41, 5.74) is 0.487. The third kappa shape index (κ3) is 3.06. The van der Waals surface area contributed by atoms with Gasteiger partial charge in [-0.15, -0.1) is 0 Å². The molecular formula is C18H30N2O3S. The first-order valence-corrected chi connectivity index (χ1v) is 11.3. The van der Waals surface area contributed by atoms with Crippen LogP contribution < -0.4 is 5.32 Å². The predicted molar refractivity (Wildman–Crippen MR) is 93.4 cm³/mol. The van der Waals surface area contributed by atoms with Gasteiger partial charge in [0.2, 0.25) is 0 Å². The average Bonchev–Trinajstić information content (AvgIpc) is 2.48. The zero-order valence-electron chi connectivity index (χ0n) is 14.7. The van der Waals surface area contributed by atoms with Crippen LogP contribution in [0.25, 0.3) is 0 Å². The van der Waals surface area contributed by atoms with Crippen molar-refractivity contribution in [2.24, 2.45) is 23.2 Å². The summed E-state index contributed by atoms with van der Waals surface area (Å²) in [7, 11) is -3.00. The van der Waals surface area contributed by atoms with Gasteiger partial charge in [0.25, 0.3) is 0 Å². The van der Waals surface area contributed by atoms with E-state index >= 15 is 0 Å². The molecule has 136 valence electrons. The quantitative estimate of drug-likeness (QED) is 0.846. The van der Waals surface area contributed by atoms with Gasteiger partial charge in [0.1, 0.15) is 0 Å². The maximum atomic E-state index is 12.4. The summed E-state index contributed by atoms with van der Waals surface area (Å²) in [4.78, 5) is 14.0. The molecule has 1 aliphatic heterocycles. The summed E-state index contributed by atoms with van der Waals surface area (Å²) in [5, 5.41) is 2.62. The minimum absolute atomic E-state index is 0.0820. The first-order chi connectivity index (χ1) is 11.4. The van der Waals surface area contributed by atoms with Crippen LogP contribution in [0, 0.1) is 23.2 Å². The van der Waals surface area contributed by atoms with Gasteiger partial charge >= 0.3 is 6.03 Å². The lowest BCUT2D eigenvalue weighted by atomic mass is 9.49. The van der Waals surface area contributed by atoms with E-state index in [-0.39, 0.29) is 11.8 Å². The fourth-order valence-electron chi connectivity index (χ4n) is 6.28. The number of carbonyl (C=O) groups excluding carboxylic acids is 1. The standard InChI is InChI=1S/C18H30N2O3S/c1-13-12-20(4-5-24(13,22)23)17(21)19-3-2-18-9-14-6-15(10-18)8-16(7-14)11-18/h13-16H,2-12H2,1H3,(H,19,21)/t13-,14?,15?,16?,18?/m0/s1. The maximum Gasteiger partial charge on any atom is 0.317 e. The number of rotatable bonds is 3. The van der Waals surface area contributed by atoms with Crippen LogP contribution in [0.3, 0.4) is 0 Å². The van der Waals surface area contributed by atoms with Gasteiger partial charge in [0.15, 0.2) is 9.84 Å². The Kier molecular flexibility index (Phi) is 4.09. The minimum Gasteiger partial charge on any atom is -0.338 e. The fraction of sp³-hybridized carbons (Fsp3) is 0.944. The van der Waals surface area contributed by atoms with Gasteiger partial charge in [-0.2, -0.15) is 0 Å². The number of sulfone groups is 1. The lowest BCUT2D eigenvalue weighted by molar-refractivity contribution is -0.0564. The summed E-state index contributed by atoms with van der Waals surface area (Å²) >= 11 is 0. The molecule has 2 amide bonds. The monoisotopic (exact) mass is 354 g/mol. The molecule has 0 aromatic carbocycles. The van der Waals surface area contributed by atoms with Crippen LogP contribution in [0.1, 0.15) is 51.9 Å². The van der Waals surface area contributed by atoms with E-state index < -0.39 is 15.1 Å². The van der Waals surface area contributed by atoms with Gasteiger partial charge in [-0.25, -0.2) is 13.2 Å². The van der Waals surface area contributed by atoms with E-state index in [0.717, 1.165) is 30.7 Å². The van der Waals surface area contributed by atoms with Gasteiger partial charge in [0.05, 0.1) is 11.0 Å². The number of hydrogen-bond donors (Lipinski definition) is 1. The Bertz CT molecular complexity index is 580. The molecule has 5 rings (SSSR count). The van der Waals surface area contributed by atoms with Crippen molar-refractivity contribution >= 4 is 15.9 Å². The Balaban J connectivity index is 1.28. The molecule has 0 aromatic heterocycles. The molecule has 1 heterocycles. The topological polar surface area (TPSA) is 66.5 Å². The summed E-state index contributed by atoms with van der Waals surface area (Å²) in [6, 6.07) is -0.0820. The molecule has 1 atom stereocenters. The zero-order chi connectivity index (χ0) is 16.9. The number of urea groups is 1. The Morgan fingerprint density at radius 1 is 1.12 bits per heavy atom. The number of carbonyl (C=O) groups is 1. The van der Waals surface area contributed by atoms with Crippen molar-refractivity contribution in [1.29, 1.82) is 0 Å². The number of nitrogens with one attached hydrogen (secondary N) is 1. The number of amides is 2. The van der Waals surface area contributed by atoms with Crippen molar-refractivity contribution in [3.63, 3.8) is 0 Å². The lowest BCUT2D eigenvalue weighted by Crippen LogP contribution is -2.52. The van der Waals surface area contributed by atoms with Gasteiger partial charge < -0.3 is 10.2 Å². The van der Waals surface area contributed by atoms with Crippen LogP contribution in [0.5, 0.6) is 0 Å². The van der Waals surface area contributed by atoms with E-state index in [2.05, 4.69) is 5.32 Å². The highest BCUT2D eigenvalue weighted by Crippen LogP contribution is 2.61. The van der Waals surface area contributed by atoms with Gasteiger partial charge in [-0.1, -0.05) is 0 Å². The minimum atomic E-state index is -3.00. The SMILES string of the molecule is C[C@H]1CN(C(=O)NCCC23CC4CC(CC(C4)C2)C3)CCS1(=O)=O. The Hall–Kier alpha value is -0.780. The summed E-state index contributed by atoms with van der Waals surface area (Å²) in [6.45, 7) is 3.09. The van der Waals surface area contributed by atoms with Crippen molar-refractivity contribution in [2.75, 3.05) is 25.4 Å². The Morgan fingerprint density at radius 2 is 1.71 bits per heavy atom. The van der Waals surface area contributed by atoms with Gasteiger partial charge in [-0.05, 0) is 75.0 Å². The zero-order valence-corrected chi connectivity index (χ0v) is 15.5. The van der Waals surface area contributed by atoms with Crippen molar-refractivity contribution in [2.45, 2.75) is 57.1 Å². The van der Waals surface area contributed by atoms with E-state index in [1.54, 1.807) is 11.8 Å². The van der Waals surface area contributed by atoms with E-state index in [4.69, 9.17) is 0 Å². The van der Waals surface area contributed by atoms with Crippen molar-refractivity contribution in [3.05, 3.63) is 0 Å². The number of hydrogen-bond acceptors (Lipinski definition) is 3. The fourth-order valence-corrected chi connectivity index (χ4v) is 7.57. The van der Waals surface area contributed by atoms with Crippen LogP contribution in [-0.2, 0) is 9.84 Å². The van der Waals surface area contributed by atoms with Crippen LogP contribution in [0.4, 0.5) is 4.79 Å². The molecule has 24 heavy (non-hydrogen) atoms. The molecule has 6 heteroatoms. The molecule has 0 radical (unpaired) electrons. The largest absolute Gasteiger partial charge is 0.338 e. The third-order valence-corrected chi connectivity index (χ3v) is 9.25. The molecule has 0 unspecified atom stereocenters. The summed E-state index contributed by atoms with van der Waals surface area (Å²) < 4.78 is 23.5. The molecule has 0 aromatic rings. The second-order valence-electron chi connectivity index (χ2n) is 9.02. The first kappa shape index (κ1) is 16.7. The maximum absolute atomic E-state index is 12.4.